The number of carbonyl (C=O) groups excluding carboxylic acids is 3. The monoisotopic (exact) mass is 506 g/mol. The van der Waals surface area contributed by atoms with Crippen LogP contribution in [0.3, 0.4) is 0 Å². The molecule has 3 atom stereocenters. The second kappa shape index (κ2) is 17.1. The van der Waals surface area contributed by atoms with Gasteiger partial charge in [0.05, 0.1) is 6.42 Å². The van der Waals surface area contributed by atoms with Crippen molar-refractivity contribution in [2.75, 3.05) is 0 Å². The largest absolute Gasteiger partial charge is 0.300 e. The van der Waals surface area contributed by atoms with E-state index in [2.05, 4.69) is 65.0 Å². The first kappa shape index (κ1) is 32.5. The maximum Gasteiger partial charge on any atom is 0.163 e. The molecule has 3 rings (SSSR count). The third kappa shape index (κ3) is 11.2. The molecule has 2 aromatic rings. The minimum atomic E-state index is -0.0622. The number of rotatable bonds is 9. The van der Waals surface area contributed by atoms with Crippen LogP contribution in [0.2, 0.25) is 0 Å². The maximum absolute atomic E-state index is 12.7. The standard InChI is InChI=1S/C23H32O3.C8H10.C3H8/c1-5-8-18(20(6-2)21(25)11-16(4)24)12-17-13-19-10-7-9-15(3)23(19)22(26)14-17;1-7-4-3-5-8(2)6-7;1-3-2/h7,9-10,17-18,20H,5-6,8,11-14H2,1-4H3;3-6H,1-2H3;3H2,1-2H3. The van der Waals surface area contributed by atoms with Crippen LogP contribution in [0.1, 0.15) is 112 Å². The second-order valence-electron chi connectivity index (χ2n) is 10.8. The van der Waals surface area contributed by atoms with Gasteiger partial charge in [0.25, 0.3) is 0 Å². The Morgan fingerprint density at radius 1 is 0.919 bits per heavy atom. The van der Waals surface area contributed by atoms with Crippen LogP contribution < -0.4 is 0 Å². The first-order valence-electron chi connectivity index (χ1n) is 14.2. The molecule has 204 valence electrons. The first-order chi connectivity index (χ1) is 17.6. The summed E-state index contributed by atoms with van der Waals surface area (Å²) in [5.41, 5.74) is 5.81. The maximum atomic E-state index is 12.7. The fourth-order valence-corrected chi connectivity index (χ4v) is 5.50. The Balaban J connectivity index is 0.000000516. The van der Waals surface area contributed by atoms with Crippen LogP contribution in [0.25, 0.3) is 0 Å². The van der Waals surface area contributed by atoms with Crippen LogP contribution in [0.5, 0.6) is 0 Å². The van der Waals surface area contributed by atoms with Gasteiger partial charge in [-0.15, -0.1) is 0 Å². The quantitative estimate of drug-likeness (QED) is 0.319. The van der Waals surface area contributed by atoms with Crippen molar-refractivity contribution in [2.45, 2.75) is 107 Å². The van der Waals surface area contributed by atoms with Crippen molar-refractivity contribution in [1.82, 2.24) is 0 Å². The molecule has 3 nitrogen and oxygen atoms in total. The van der Waals surface area contributed by atoms with Gasteiger partial charge in [-0.2, -0.15) is 0 Å². The number of fused-ring (bicyclic) bond motifs is 1. The van der Waals surface area contributed by atoms with E-state index in [9.17, 15) is 14.4 Å². The average molecular weight is 507 g/mol. The van der Waals surface area contributed by atoms with Crippen molar-refractivity contribution < 1.29 is 14.4 Å². The molecule has 0 spiro atoms. The predicted molar refractivity (Wildman–Crippen MR) is 156 cm³/mol. The summed E-state index contributed by atoms with van der Waals surface area (Å²) >= 11 is 0. The third-order valence-electron chi connectivity index (χ3n) is 6.94. The molecule has 3 heteroatoms. The van der Waals surface area contributed by atoms with Crippen LogP contribution in [0.15, 0.2) is 42.5 Å². The van der Waals surface area contributed by atoms with Crippen molar-refractivity contribution in [3.8, 4) is 0 Å². The molecular weight excluding hydrogens is 456 g/mol. The molecule has 37 heavy (non-hydrogen) atoms. The van der Waals surface area contributed by atoms with Crippen LogP contribution >= 0.6 is 0 Å². The summed E-state index contributed by atoms with van der Waals surface area (Å²) in [4.78, 5) is 36.6. The Morgan fingerprint density at radius 3 is 2.00 bits per heavy atom. The summed E-state index contributed by atoms with van der Waals surface area (Å²) in [7, 11) is 0. The van der Waals surface area contributed by atoms with Crippen LogP contribution in [0.4, 0.5) is 0 Å². The zero-order valence-electron chi connectivity index (χ0n) is 24.7. The molecule has 0 fully saturated rings. The lowest BCUT2D eigenvalue weighted by atomic mass is 9.72. The van der Waals surface area contributed by atoms with E-state index in [0.717, 1.165) is 48.8 Å². The van der Waals surface area contributed by atoms with Crippen LogP contribution in [-0.4, -0.2) is 17.3 Å². The van der Waals surface area contributed by atoms with Gasteiger partial charge in [-0.1, -0.05) is 101 Å². The van der Waals surface area contributed by atoms with E-state index in [1.807, 2.05) is 26.0 Å². The van der Waals surface area contributed by atoms with Crippen molar-refractivity contribution in [3.63, 3.8) is 0 Å². The van der Waals surface area contributed by atoms with E-state index < -0.39 is 0 Å². The predicted octanol–water partition coefficient (Wildman–Crippen LogP) is 8.84. The molecule has 0 amide bonds. The lowest BCUT2D eigenvalue weighted by Gasteiger charge is -2.31. The normalized spacial score (nSPS) is 15.8. The number of hydrogen-bond donors (Lipinski definition) is 0. The van der Waals surface area contributed by atoms with Gasteiger partial charge in [-0.25, -0.2) is 0 Å². The zero-order valence-corrected chi connectivity index (χ0v) is 24.7. The Labute approximate surface area is 226 Å². The van der Waals surface area contributed by atoms with Crippen molar-refractivity contribution in [3.05, 3.63) is 70.3 Å². The minimum absolute atomic E-state index is 0.0460. The van der Waals surface area contributed by atoms with E-state index in [0.29, 0.717) is 12.3 Å². The number of carbonyl (C=O) groups is 3. The number of Topliss-reactive ketones (excluding diaryl/α,β-unsaturated/α-hetero) is 3. The molecule has 0 N–H and O–H groups in total. The van der Waals surface area contributed by atoms with Crippen molar-refractivity contribution in [1.29, 1.82) is 0 Å². The summed E-state index contributed by atoms with van der Waals surface area (Å²) < 4.78 is 0. The summed E-state index contributed by atoms with van der Waals surface area (Å²) in [5.74, 6) is 0.770. The molecule has 0 aliphatic heterocycles. The SMILES string of the molecule is CCC.CCCC(CC1CC(=O)c2c(C)cccc2C1)C(CC)C(=O)CC(C)=O.Cc1cccc(C)c1. The van der Waals surface area contributed by atoms with Gasteiger partial charge in [0, 0.05) is 17.9 Å². The van der Waals surface area contributed by atoms with Gasteiger partial charge in [0.1, 0.15) is 11.6 Å². The Bertz CT molecular complexity index is 987. The number of benzene rings is 2. The summed E-state index contributed by atoms with van der Waals surface area (Å²) in [6.07, 6.45) is 6.46. The first-order valence-corrected chi connectivity index (χ1v) is 14.2. The van der Waals surface area contributed by atoms with Crippen molar-refractivity contribution in [2.24, 2.45) is 17.8 Å². The van der Waals surface area contributed by atoms with Gasteiger partial charge in [0.2, 0.25) is 0 Å². The smallest absolute Gasteiger partial charge is 0.163 e. The Morgan fingerprint density at radius 2 is 1.51 bits per heavy atom. The zero-order chi connectivity index (χ0) is 28.0. The fraction of sp³-hybridized carbons (Fsp3) is 0.559. The Kier molecular flexibility index (Phi) is 15.0. The summed E-state index contributed by atoms with van der Waals surface area (Å²) in [6, 6.07) is 14.5. The van der Waals surface area contributed by atoms with Gasteiger partial charge in [-0.05, 0) is 69.9 Å². The van der Waals surface area contributed by atoms with E-state index in [1.165, 1.54) is 24.5 Å². The molecule has 0 radical (unpaired) electrons. The lowest BCUT2D eigenvalue weighted by Crippen LogP contribution is -2.29. The molecule has 1 aliphatic rings. The molecule has 3 unspecified atom stereocenters. The average Bonchev–Trinajstić information content (AvgIpc) is 2.80. The van der Waals surface area contributed by atoms with Gasteiger partial charge >= 0.3 is 0 Å². The number of aryl methyl sites for hydroxylation is 3. The highest BCUT2D eigenvalue weighted by Crippen LogP contribution is 2.36. The molecule has 0 heterocycles. The lowest BCUT2D eigenvalue weighted by molar-refractivity contribution is -0.129. The number of hydrogen-bond acceptors (Lipinski definition) is 3. The Hall–Kier alpha value is -2.55. The molecule has 0 saturated heterocycles. The van der Waals surface area contributed by atoms with Crippen LogP contribution in [0, 0.1) is 38.5 Å². The van der Waals surface area contributed by atoms with Gasteiger partial charge in [-0.3, -0.25) is 14.4 Å². The molecule has 1 aliphatic carbocycles. The summed E-state index contributed by atoms with van der Waals surface area (Å²) in [5, 5.41) is 0. The topological polar surface area (TPSA) is 51.2 Å². The molecule has 0 aromatic heterocycles. The van der Waals surface area contributed by atoms with E-state index in [4.69, 9.17) is 0 Å². The fourth-order valence-electron chi connectivity index (χ4n) is 5.50. The molecular formula is C34H50O3. The number of ketones is 3. The third-order valence-corrected chi connectivity index (χ3v) is 6.94. The van der Waals surface area contributed by atoms with Gasteiger partial charge in [0.15, 0.2) is 5.78 Å². The van der Waals surface area contributed by atoms with E-state index >= 15 is 0 Å². The summed E-state index contributed by atoms with van der Waals surface area (Å²) in [6.45, 7) is 16.1. The molecule has 0 saturated carbocycles. The van der Waals surface area contributed by atoms with Gasteiger partial charge < -0.3 is 0 Å². The minimum Gasteiger partial charge on any atom is -0.300 e. The van der Waals surface area contributed by atoms with E-state index in [-0.39, 0.29) is 35.6 Å². The molecule has 0 bridgehead atoms. The highest BCUT2D eigenvalue weighted by Gasteiger charge is 2.32. The van der Waals surface area contributed by atoms with Crippen molar-refractivity contribution >= 4 is 17.3 Å². The second-order valence-corrected chi connectivity index (χ2v) is 10.8. The van der Waals surface area contributed by atoms with E-state index in [1.54, 1.807) is 0 Å². The molecule has 2 aromatic carbocycles. The highest BCUT2D eigenvalue weighted by atomic mass is 16.1. The van der Waals surface area contributed by atoms with Crippen LogP contribution in [-0.2, 0) is 16.0 Å². The highest BCUT2D eigenvalue weighted by molar-refractivity contribution is 6.00.